The molecule has 1 aliphatic rings. The number of nitrogens with zero attached hydrogens (tertiary/aromatic N) is 1. The average Bonchev–Trinajstić information content (AvgIpc) is 2.70. The zero-order valence-electron chi connectivity index (χ0n) is 9.58. The van der Waals surface area contributed by atoms with Gasteiger partial charge in [0.1, 0.15) is 11.9 Å². The molecule has 3 nitrogen and oxygen atoms in total. The second-order valence-electron chi connectivity index (χ2n) is 3.97. The Bertz CT molecular complexity index is 508. The third kappa shape index (κ3) is 2.37. The molecule has 0 saturated heterocycles. The summed E-state index contributed by atoms with van der Waals surface area (Å²) in [4.78, 5) is 15.5. The van der Waals surface area contributed by atoms with Crippen molar-refractivity contribution in [2.24, 2.45) is 4.99 Å². The minimum absolute atomic E-state index is 0.206. The summed E-state index contributed by atoms with van der Waals surface area (Å²) >= 11 is 0. The molecule has 0 fully saturated rings. The Balaban J connectivity index is 2.33. The van der Waals surface area contributed by atoms with Crippen LogP contribution in [0.2, 0.25) is 0 Å². The van der Waals surface area contributed by atoms with Gasteiger partial charge in [0.2, 0.25) is 5.91 Å². The van der Waals surface area contributed by atoms with Crippen LogP contribution in [-0.4, -0.2) is 17.8 Å². The summed E-state index contributed by atoms with van der Waals surface area (Å²) in [6.45, 7) is 1.79. The first-order valence-electron chi connectivity index (χ1n) is 5.48. The van der Waals surface area contributed by atoms with Crippen LogP contribution in [0.15, 0.2) is 29.3 Å². The maximum atomic E-state index is 12.5. The van der Waals surface area contributed by atoms with Crippen molar-refractivity contribution in [3.63, 3.8) is 0 Å². The fourth-order valence-electron chi connectivity index (χ4n) is 1.71. The van der Waals surface area contributed by atoms with Gasteiger partial charge in [0.15, 0.2) is 0 Å². The van der Waals surface area contributed by atoms with Crippen molar-refractivity contribution in [1.29, 1.82) is 0 Å². The molecule has 18 heavy (non-hydrogen) atoms. The van der Waals surface area contributed by atoms with E-state index in [2.05, 4.69) is 10.3 Å². The van der Waals surface area contributed by atoms with E-state index in [-0.39, 0.29) is 17.3 Å². The molecule has 1 atom stereocenters. The Morgan fingerprint density at radius 2 is 2.11 bits per heavy atom. The molecular weight excluding hydrogens is 245 g/mol. The van der Waals surface area contributed by atoms with Crippen LogP contribution in [0.4, 0.5) is 13.2 Å². The molecule has 0 spiro atoms. The van der Waals surface area contributed by atoms with Gasteiger partial charge in [-0.05, 0) is 18.6 Å². The van der Waals surface area contributed by atoms with E-state index in [4.69, 9.17) is 0 Å². The number of aliphatic imine (C=N–C) groups is 1. The third-order valence-corrected chi connectivity index (χ3v) is 2.68. The maximum Gasteiger partial charge on any atom is 0.416 e. The van der Waals surface area contributed by atoms with Gasteiger partial charge in [0.05, 0.1) is 5.56 Å². The third-order valence-electron chi connectivity index (χ3n) is 2.68. The lowest BCUT2D eigenvalue weighted by atomic mass is 10.1. The second kappa shape index (κ2) is 4.44. The van der Waals surface area contributed by atoms with Gasteiger partial charge < -0.3 is 5.32 Å². The molecular formula is C12H11F3N2O. The van der Waals surface area contributed by atoms with Crippen molar-refractivity contribution in [2.45, 2.75) is 25.6 Å². The summed E-state index contributed by atoms with van der Waals surface area (Å²) in [7, 11) is 0. The van der Waals surface area contributed by atoms with Crippen molar-refractivity contribution in [1.82, 2.24) is 5.32 Å². The van der Waals surface area contributed by atoms with E-state index in [0.29, 0.717) is 6.42 Å². The Kier molecular flexibility index (Phi) is 3.11. The average molecular weight is 256 g/mol. The minimum atomic E-state index is -4.40. The van der Waals surface area contributed by atoms with Crippen molar-refractivity contribution in [3.8, 4) is 0 Å². The monoisotopic (exact) mass is 256 g/mol. The van der Waals surface area contributed by atoms with Crippen LogP contribution in [0.3, 0.4) is 0 Å². The predicted octanol–water partition coefficient (Wildman–Crippen LogP) is 2.36. The fraction of sp³-hybridized carbons (Fsp3) is 0.333. The number of alkyl halides is 3. The first-order chi connectivity index (χ1) is 8.41. The van der Waals surface area contributed by atoms with Crippen molar-refractivity contribution in [2.75, 3.05) is 0 Å². The Labute approximate surface area is 102 Å². The minimum Gasteiger partial charge on any atom is -0.309 e. The number of rotatable bonds is 2. The maximum absolute atomic E-state index is 12.5. The highest BCUT2D eigenvalue weighted by atomic mass is 19.4. The van der Waals surface area contributed by atoms with Crippen LogP contribution >= 0.6 is 0 Å². The molecule has 1 amide bonds. The SMILES string of the molecule is CCC1N=C(c2cccc(C(F)(F)F)c2)NC1=O. The number of hydrogen-bond acceptors (Lipinski definition) is 2. The summed E-state index contributed by atoms with van der Waals surface area (Å²) in [6, 6.07) is 4.25. The second-order valence-corrected chi connectivity index (χ2v) is 3.97. The number of nitrogens with one attached hydrogen (secondary N) is 1. The Morgan fingerprint density at radius 1 is 1.39 bits per heavy atom. The Hall–Kier alpha value is -1.85. The standard InChI is InChI=1S/C12H11F3N2O/c1-2-9-11(18)17-10(16-9)7-4-3-5-8(6-7)12(13,14)15/h3-6,9H,2H2,1H3,(H,16,17,18). The number of halogens is 3. The number of carbonyl (C=O) groups is 1. The largest absolute Gasteiger partial charge is 0.416 e. The number of amides is 1. The number of hydrogen-bond donors (Lipinski definition) is 1. The first-order valence-corrected chi connectivity index (χ1v) is 5.48. The van der Waals surface area contributed by atoms with E-state index < -0.39 is 17.8 Å². The van der Waals surface area contributed by atoms with Gasteiger partial charge in [-0.1, -0.05) is 19.1 Å². The van der Waals surface area contributed by atoms with Crippen LogP contribution in [0.1, 0.15) is 24.5 Å². The van der Waals surface area contributed by atoms with Crippen molar-refractivity contribution in [3.05, 3.63) is 35.4 Å². The van der Waals surface area contributed by atoms with Crippen LogP contribution in [0, 0.1) is 0 Å². The summed E-state index contributed by atoms with van der Waals surface area (Å²) in [5, 5.41) is 2.49. The van der Waals surface area contributed by atoms with Crippen LogP contribution in [0.25, 0.3) is 0 Å². The lowest BCUT2D eigenvalue weighted by Gasteiger charge is -2.08. The molecule has 1 heterocycles. The van der Waals surface area contributed by atoms with Crippen LogP contribution in [0.5, 0.6) is 0 Å². The highest BCUT2D eigenvalue weighted by Crippen LogP contribution is 2.29. The van der Waals surface area contributed by atoms with E-state index in [9.17, 15) is 18.0 Å². The molecule has 1 aromatic rings. The summed E-state index contributed by atoms with van der Waals surface area (Å²) in [6.07, 6.45) is -3.88. The fourth-order valence-corrected chi connectivity index (χ4v) is 1.71. The highest BCUT2D eigenvalue weighted by Gasteiger charge is 2.32. The zero-order valence-corrected chi connectivity index (χ0v) is 9.58. The quantitative estimate of drug-likeness (QED) is 0.867. The lowest BCUT2D eigenvalue weighted by molar-refractivity contribution is -0.137. The molecule has 1 aromatic carbocycles. The summed E-state index contributed by atoms with van der Waals surface area (Å²) < 4.78 is 37.6. The summed E-state index contributed by atoms with van der Waals surface area (Å²) in [5.41, 5.74) is -0.481. The van der Waals surface area contributed by atoms with Gasteiger partial charge in [-0.25, -0.2) is 0 Å². The van der Waals surface area contributed by atoms with Crippen molar-refractivity contribution < 1.29 is 18.0 Å². The molecule has 0 saturated carbocycles. The van der Waals surface area contributed by atoms with Gasteiger partial charge in [-0.2, -0.15) is 13.2 Å². The molecule has 0 radical (unpaired) electrons. The lowest BCUT2D eigenvalue weighted by Crippen LogP contribution is -2.29. The van der Waals surface area contributed by atoms with Crippen molar-refractivity contribution >= 4 is 11.7 Å². The number of benzene rings is 1. The normalized spacial score (nSPS) is 19.7. The van der Waals surface area contributed by atoms with Crippen LogP contribution in [-0.2, 0) is 11.0 Å². The molecule has 1 N–H and O–H groups in total. The smallest absolute Gasteiger partial charge is 0.309 e. The predicted molar refractivity (Wildman–Crippen MR) is 60.2 cm³/mol. The van der Waals surface area contributed by atoms with E-state index in [1.807, 2.05) is 0 Å². The highest BCUT2D eigenvalue weighted by molar-refractivity contribution is 6.13. The molecule has 1 aliphatic heterocycles. The number of amidine groups is 1. The Morgan fingerprint density at radius 3 is 2.67 bits per heavy atom. The molecule has 0 aromatic heterocycles. The van der Waals surface area contributed by atoms with Crippen LogP contribution < -0.4 is 5.32 Å². The molecule has 2 rings (SSSR count). The topological polar surface area (TPSA) is 41.5 Å². The van der Waals surface area contributed by atoms with E-state index >= 15 is 0 Å². The zero-order chi connectivity index (χ0) is 13.3. The van der Waals surface area contributed by atoms with Gasteiger partial charge in [0.25, 0.3) is 0 Å². The van der Waals surface area contributed by atoms with Gasteiger partial charge in [-0.3, -0.25) is 9.79 Å². The molecule has 0 aliphatic carbocycles. The van der Waals surface area contributed by atoms with Gasteiger partial charge in [-0.15, -0.1) is 0 Å². The molecule has 1 unspecified atom stereocenters. The van der Waals surface area contributed by atoms with E-state index in [1.54, 1.807) is 6.92 Å². The summed E-state index contributed by atoms with van der Waals surface area (Å²) in [5.74, 6) is -0.0668. The first kappa shape index (κ1) is 12.6. The number of carbonyl (C=O) groups excluding carboxylic acids is 1. The molecule has 96 valence electrons. The van der Waals surface area contributed by atoms with Gasteiger partial charge in [0, 0.05) is 5.56 Å². The van der Waals surface area contributed by atoms with E-state index in [1.165, 1.54) is 12.1 Å². The van der Waals surface area contributed by atoms with E-state index in [0.717, 1.165) is 12.1 Å². The molecule has 0 bridgehead atoms. The molecule has 6 heteroatoms. The van der Waals surface area contributed by atoms with Gasteiger partial charge >= 0.3 is 6.18 Å².